The number of carbonyl (C=O) groups excluding carboxylic acids is 4. The third kappa shape index (κ3) is 5.53. The maximum atomic E-state index is 15.3. The molecule has 2 aliphatic carbocycles. The standard InChI is InChI=1S/C41H34ClFN6O9/c1-20-5-4-6-28(36(20)50)34-26-15-16-27-33(39(53)46(37(27)51)25-17-31(48(55)56)35(45(2)3)32(18-25)49(57)58)29(26)19-30-38(52)47(44-24-13-11-23(43)12-14-24)40(54)41(30,34)21-7-9-22(42)10-8-21/h4-15,17-18,27,29-30,33-34,44,50H,16,19H2,1-3H3. The van der Waals surface area contributed by atoms with Gasteiger partial charge in [-0.05, 0) is 73.2 Å². The molecule has 4 aromatic carbocycles. The number of hydrogen-bond acceptors (Lipinski definition) is 11. The lowest BCUT2D eigenvalue weighted by Crippen LogP contribution is -2.53. The van der Waals surface area contributed by atoms with E-state index in [4.69, 9.17) is 11.6 Å². The molecule has 0 spiro atoms. The number of nitro groups is 2. The molecule has 15 nitrogen and oxygen atoms in total. The smallest absolute Gasteiger partial charge is 0.301 e. The molecule has 3 fully saturated rings. The van der Waals surface area contributed by atoms with Crippen molar-refractivity contribution in [2.75, 3.05) is 29.3 Å². The summed E-state index contributed by atoms with van der Waals surface area (Å²) in [5.41, 5.74) is 0.963. The van der Waals surface area contributed by atoms with Crippen molar-refractivity contribution in [3.63, 3.8) is 0 Å². The van der Waals surface area contributed by atoms with E-state index < -0.39 is 85.7 Å². The highest BCUT2D eigenvalue weighted by Crippen LogP contribution is 2.65. The number of allylic oxidation sites excluding steroid dienone is 2. The maximum Gasteiger partial charge on any atom is 0.301 e. The number of benzene rings is 4. The van der Waals surface area contributed by atoms with Crippen LogP contribution in [0.4, 0.5) is 32.8 Å². The second-order valence-electron chi connectivity index (χ2n) is 15.1. The second kappa shape index (κ2) is 13.8. The normalized spacial score (nSPS) is 24.9. The first-order valence-corrected chi connectivity index (χ1v) is 18.6. The number of nitro benzene ring substituents is 2. The van der Waals surface area contributed by atoms with Gasteiger partial charge in [0, 0.05) is 42.7 Å². The Labute approximate surface area is 334 Å². The van der Waals surface area contributed by atoms with Crippen LogP contribution in [0.25, 0.3) is 0 Å². The minimum Gasteiger partial charge on any atom is -0.507 e. The minimum absolute atomic E-state index is 0.0261. The van der Waals surface area contributed by atoms with Crippen LogP contribution >= 0.6 is 11.6 Å². The summed E-state index contributed by atoms with van der Waals surface area (Å²) in [5.74, 6) is -8.93. The number of anilines is 3. The number of nitrogens with zero attached hydrogens (tertiary/aromatic N) is 5. The molecule has 6 atom stereocenters. The van der Waals surface area contributed by atoms with E-state index in [0.717, 1.165) is 34.2 Å². The highest BCUT2D eigenvalue weighted by Gasteiger charge is 2.70. The summed E-state index contributed by atoms with van der Waals surface area (Å²) < 4.78 is 13.9. The molecule has 4 aliphatic rings. The number of halogens is 2. The Morgan fingerprint density at radius 1 is 0.897 bits per heavy atom. The Kier molecular flexibility index (Phi) is 9.06. The van der Waals surface area contributed by atoms with E-state index in [0.29, 0.717) is 27.3 Å². The Morgan fingerprint density at radius 3 is 2.14 bits per heavy atom. The molecule has 296 valence electrons. The van der Waals surface area contributed by atoms with Gasteiger partial charge in [0.05, 0.1) is 44.4 Å². The zero-order valence-corrected chi connectivity index (χ0v) is 31.8. The highest BCUT2D eigenvalue weighted by atomic mass is 35.5. The van der Waals surface area contributed by atoms with E-state index in [-0.39, 0.29) is 35.7 Å². The summed E-state index contributed by atoms with van der Waals surface area (Å²) in [6, 6.07) is 18.4. The summed E-state index contributed by atoms with van der Waals surface area (Å²) in [4.78, 5) is 84.0. The predicted octanol–water partition coefficient (Wildman–Crippen LogP) is 6.57. The number of hydrazine groups is 1. The van der Waals surface area contributed by atoms with E-state index in [9.17, 15) is 44.1 Å². The molecule has 4 amide bonds. The molecule has 2 N–H and O–H groups in total. The zero-order valence-electron chi connectivity index (χ0n) is 31.1. The van der Waals surface area contributed by atoms with Gasteiger partial charge < -0.3 is 10.0 Å². The lowest BCUT2D eigenvalue weighted by Gasteiger charge is -2.50. The number of nitrogens with one attached hydrogen (secondary N) is 1. The summed E-state index contributed by atoms with van der Waals surface area (Å²) in [6.07, 6.45) is 1.61. The molecule has 0 radical (unpaired) electrons. The van der Waals surface area contributed by atoms with Gasteiger partial charge in [0.15, 0.2) is 5.69 Å². The number of phenolic OH excluding ortho intramolecular Hbond substituents is 1. The number of carbonyl (C=O) groups is 4. The quantitative estimate of drug-likeness (QED) is 0.0846. The molecule has 4 aromatic rings. The number of amides is 4. The van der Waals surface area contributed by atoms with Gasteiger partial charge in [-0.1, -0.05) is 53.6 Å². The molecular weight excluding hydrogens is 775 g/mol. The largest absolute Gasteiger partial charge is 0.507 e. The van der Waals surface area contributed by atoms with Crippen LogP contribution in [0.3, 0.4) is 0 Å². The van der Waals surface area contributed by atoms with Crippen LogP contribution in [0.5, 0.6) is 5.75 Å². The van der Waals surface area contributed by atoms with Gasteiger partial charge in [0.25, 0.3) is 11.8 Å². The van der Waals surface area contributed by atoms with Crippen LogP contribution in [0.15, 0.2) is 90.5 Å². The van der Waals surface area contributed by atoms with Crippen molar-refractivity contribution < 1.29 is 38.5 Å². The first-order chi connectivity index (χ1) is 27.6. The average Bonchev–Trinajstić information content (AvgIpc) is 3.57. The summed E-state index contributed by atoms with van der Waals surface area (Å²) >= 11 is 6.34. The summed E-state index contributed by atoms with van der Waals surface area (Å²) in [5, 5.41) is 37.4. The summed E-state index contributed by atoms with van der Waals surface area (Å²) in [7, 11) is 2.79. The number of hydrogen-bond donors (Lipinski definition) is 2. The Morgan fingerprint density at radius 2 is 1.53 bits per heavy atom. The molecule has 17 heteroatoms. The van der Waals surface area contributed by atoms with Crippen LogP contribution in [0.2, 0.25) is 5.02 Å². The fourth-order valence-electron chi connectivity index (χ4n) is 9.62. The van der Waals surface area contributed by atoms with Crippen LogP contribution < -0.4 is 15.2 Å². The third-order valence-corrected chi connectivity index (χ3v) is 12.2. The van der Waals surface area contributed by atoms with Gasteiger partial charge in [0.2, 0.25) is 11.8 Å². The number of aryl methyl sites for hydroxylation is 1. The van der Waals surface area contributed by atoms with Gasteiger partial charge in [-0.25, -0.2) is 9.29 Å². The van der Waals surface area contributed by atoms with Crippen molar-refractivity contribution in [1.29, 1.82) is 0 Å². The fraction of sp³-hybridized carbons (Fsp3) is 0.268. The molecule has 0 aromatic heterocycles. The average molecular weight is 809 g/mol. The first kappa shape index (κ1) is 38.2. The Balaban J connectivity index is 1.32. The number of fused-ring (bicyclic) bond motifs is 4. The van der Waals surface area contributed by atoms with Crippen LogP contribution in [0.1, 0.15) is 35.4 Å². The third-order valence-electron chi connectivity index (χ3n) is 12.0. The first-order valence-electron chi connectivity index (χ1n) is 18.2. The van der Waals surface area contributed by atoms with Gasteiger partial charge >= 0.3 is 11.4 Å². The Hall–Kier alpha value is -6.68. The van der Waals surface area contributed by atoms with Crippen molar-refractivity contribution in [3.8, 4) is 5.75 Å². The van der Waals surface area contributed by atoms with Gasteiger partial charge in [-0.2, -0.15) is 5.01 Å². The zero-order chi connectivity index (χ0) is 41.5. The molecule has 2 heterocycles. The number of imide groups is 2. The van der Waals surface area contributed by atoms with Crippen molar-refractivity contribution >= 4 is 63.7 Å². The van der Waals surface area contributed by atoms with Crippen LogP contribution in [0, 0.1) is 56.6 Å². The molecule has 2 saturated heterocycles. The van der Waals surface area contributed by atoms with Crippen molar-refractivity contribution in [2.24, 2.45) is 23.7 Å². The number of phenols is 1. The number of aromatic hydroxyl groups is 1. The van der Waals surface area contributed by atoms with E-state index in [1.165, 1.54) is 31.1 Å². The van der Waals surface area contributed by atoms with Crippen molar-refractivity contribution in [3.05, 3.63) is 138 Å². The molecule has 0 bridgehead atoms. The van der Waals surface area contributed by atoms with E-state index in [1.54, 1.807) is 55.5 Å². The monoisotopic (exact) mass is 808 g/mol. The second-order valence-corrected chi connectivity index (χ2v) is 15.6. The molecule has 1 saturated carbocycles. The number of para-hydroxylation sites is 1. The SMILES string of the molecule is Cc1cccc(C2C3=CCC4C(=O)N(c5cc([N+](=O)[O-])c(N(C)C)c([N+](=O)[O-])c5)C(=O)C4C3CC3C(=O)N(Nc4ccc(F)cc4)C(=O)C32c2ccc(Cl)cc2)c1O. The number of rotatable bonds is 8. The van der Waals surface area contributed by atoms with E-state index in [2.05, 4.69) is 5.43 Å². The molecular formula is C41H34ClFN6O9. The lowest BCUT2D eigenvalue weighted by molar-refractivity contribution is -0.392. The van der Waals surface area contributed by atoms with Gasteiger partial charge in [-0.3, -0.25) is 44.8 Å². The van der Waals surface area contributed by atoms with Crippen LogP contribution in [-0.2, 0) is 24.6 Å². The van der Waals surface area contributed by atoms with E-state index in [1.807, 2.05) is 0 Å². The Bertz CT molecular complexity index is 2480. The van der Waals surface area contributed by atoms with Crippen molar-refractivity contribution in [1.82, 2.24) is 5.01 Å². The maximum absolute atomic E-state index is 15.3. The van der Waals surface area contributed by atoms with Crippen molar-refractivity contribution in [2.45, 2.75) is 31.1 Å². The molecule has 8 rings (SSSR count). The highest BCUT2D eigenvalue weighted by molar-refractivity contribution is 6.30. The topological polar surface area (TPSA) is 197 Å². The summed E-state index contributed by atoms with van der Waals surface area (Å²) in [6.45, 7) is 1.68. The lowest BCUT2D eigenvalue weighted by atomic mass is 9.49. The van der Waals surface area contributed by atoms with Gasteiger partial charge in [0.1, 0.15) is 11.6 Å². The predicted molar refractivity (Wildman–Crippen MR) is 208 cm³/mol. The molecule has 2 aliphatic heterocycles. The minimum atomic E-state index is -1.75. The van der Waals surface area contributed by atoms with Gasteiger partial charge in [-0.15, -0.1) is 0 Å². The molecule has 58 heavy (non-hydrogen) atoms. The fourth-order valence-corrected chi connectivity index (χ4v) is 9.75. The van der Waals surface area contributed by atoms with E-state index >= 15 is 4.79 Å². The molecule has 6 unspecified atom stereocenters. The van der Waals surface area contributed by atoms with Crippen LogP contribution in [-0.4, -0.2) is 57.7 Å².